The highest BCUT2D eigenvalue weighted by Crippen LogP contribution is 2.40. The maximum Gasteiger partial charge on any atom is 0.333 e. The standard InChI is InChI=1S/C21H27ClN2O3S2/c1-12(2)16-10-17(22)14-7-6-8-15(14)19(16)23-20(25)24-29(26,27)18-9-13(11-28-18)21(3,4)5/h9-12H,6-8H2,1-5H3,(H2,23,24,25). The molecule has 8 heteroatoms. The first-order chi connectivity index (χ1) is 13.4. The number of rotatable bonds is 4. The minimum atomic E-state index is -3.94. The molecule has 1 heterocycles. The molecule has 0 fully saturated rings. The van der Waals surface area contributed by atoms with Crippen molar-refractivity contribution in [3.05, 3.63) is 44.8 Å². The number of benzene rings is 1. The smallest absolute Gasteiger partial charge is 0.307 e. The summed E-state index contributed by atoms with van der Waals surface area (Å²) in [6.45, 7) is 10.1. The number of carbonyl (C=O) groups excluding carboxylic acids is 1. The molecule has 1 aromatic heterocycles. The molecule has 0 saturated carbocycles. The van der Waals surface area contributed by atoms with Gasteiger partial charge in [0.15, 0.2) is 0 Å². The molecule has 0 aliphatic heterocycles. The van der Waals surface area contributed by atoms with Gasteiger partial charge >= 0.3 is 6.03 Å². The summed E-state index contributed by atoms with van der Waals surface area (Å²) in [4.78, 5) is 12.6. The highest BCUT2D eigenvalue weighted by molar-refractivity contribution is 7.92. The van der Waals surface area contributed by atoms with Crippen molar-refractivity contribution in [3.8, 4) is 0 Å². The van der Waals surface area contributed by atoms with Crippen LogP contribution in [-0.2, 0) is 28.3 Å². The maximum absolute atomic E-state index is 12.7. The van der Waals surface area contributed by atoms with Crippen LogP contribution in [0.2, 0.25) is 5.02 Å². The topological polar surface area (TPSA) is 75.3 Å². The fourth-order valence-corrected chi connectivity index (χ4v) is 6.16. The third-order valence-electron chi connectivity index (χ3n) is 5.17. The van der Waals surface area contributed by atoms with E-state index in [1.54, 1.807) is 6.07 Å². The number of thiophene rings is 1. The largest absolute Gasteiger partial charge is 0.333 e. The highest BCUT2D eigenvalue weighted by atomic mass is 35.5. The molecule has 2 aromatic rings. The molecule has 0 atom stereocenters. The van der Waals surface area contributed by atoms with Gasteiger partial charge in [0.05, 0.1) is 0 Å². The fraction of sp³-hybridized carbons (Fsp3) is 0.476. The lowest BCUT2D eigenvalue weighted by Gasteiger charge is -2.19. The van der Waals surface area contributed by atoms with Gasteiger partial charge in [-0.3, -0.25) is 0 Å². The van der Waals surface area contributed by atoms with E-state index in [0.717, 1.165) is 52.9 Å². The van der Waals surface area contributed by atoms with E-state index in [9.17, 15) is 13.2 Å². The average molecular weight is 455 g/mol. The number of nitrogens with one attached hydrogen (secondary N) is 2. The Bertz CT molecular complexity index is 1050. The molecular formula is C21H27ClN2O3S2. The van der Waals surface area contributed by atoms with Crippen molar-refractivity contribution in [2.45, 2.75) is 69.4 Å². The zero-order valence-electron chi connectivity index (χ0n) is 17.3. The third-order valence-corrected chi connectivity index (χ3v) is 8.28. The number of hydrogen-bond acceptors (Lipinski definition) is 4. The monoisotopic (exact) mass is 454 g/mol. The van der Waals surface area contributed by atoms with Gasteiger partial charge < -0.3 is 5.32 Å². The summed E-state index contributed by atoms with van der Waals surface area (Å²) in [5.74, 6) is 0.136. The highest BCUT2D eigenvalue weighted by Gasteiger charge is 2.27. The van der Waals surface area contributed by atoms with Crippen molar-refractivity contribution in [1.82, 2.24) is 4.72 Å². The molecule has 2 N–H and O–H groups in total. The second kappa shape index (κ2) is 7.93. The number of hydrogen-bond donors (Lipinski definition) is 2. The number of fused-ring (bicyclic) bond motifs is 1. The zero-order chi connectivity index (χ0) is 21.6. The number of anilines is 1. The van der Waals surface area contributed by atoms with Crippen molar-refractivity contribution in [1.29, 1.82) is 0 Å². The van der Waals surface area contributed by atoms with Crippen LogP contribution in [0.1, 0.15) is 69.2 Å². The van der Waals surface area contributed by atoms with Gasteiger partial charge in [-0.05, 0) is 70.4 Å². The first-order valence-corrected chi connectivity index (χ1v) is 12.4. The Kier molecular flexibility index (Phi) is 6.05. The van der Waals surface area contributed by atoms with E-state index in [2.05, 4.69) is 10.0 Å². The Morgan fingerprint density at radius 1 is 1.17 bits per heavy atom. The normalized spacial score (nSPS) is 14.2. The Morgan fingerprint density at radius 2 is 1.83 bits per heavy atom. The molecule has 0 spiro atoms. The van der Waals surface area contributed by atoms with E-state index in [1.807, 2.05) is 46.1 Å². The summed E-state index contributed by atoms with van der Waals surface area (Å²) in [5, 5.41) is 5.33. The van der Waals surface area contributed by atoms with E-state index in [4.69, 9.17) is 11.6 Å². The van der Waals surface area contributed by atoms with Crippen LogP contribution in [0.15, 0.2) is 21.7 Å². The average Bonchev–Trinajstić information content (AvgIpc) is 3.25. The molecule has 3 rings (SSSR count). The molecule has 1 aliphatic rings. The van der Waals surface area contributed by atoms with Gasteiger partial charge in [-0.25, -0.2) is 17.9 Å². The van der Waals surface area contributed by atoms with Crippen LogP contribution in [0.3, 0.4) is 0 Å². The number of carbonyl (C=O) groups is 1. The number of halogens is 1. The fourth-order valence-electron chi connectivity index (χ4n) is 3.52. The van der Waals surface area contributed by atoms with Crippen LogP contribution in [0.25, 0.3) is 0 Å². The van der Waals surface area contributed by atoms with E-state index < -0.39 is 16.1 Å². The summed E-state index contributed by atoms with van der Waals surface area (Å²) < 4.78 is 27.7. The maximum atomic E-state index is 12.7. The SMILES string of the molecule is CC(C)c1cc(Cl)c2c(c1NC(=O)NS(=O)(=O)c1cc(C(C)(C)C)cs1)CCC2. The van der Waals surface area contributed by atoms with Crippen molar-refractivity contribution < 1.29 is 13.2 Å². The van der Waals surface area contributed by atoms with Gasteiger partial charge in [0, 0.05) is 10.7 Å². The third kappa shape index (κ3) is 4.62. The summed E-state index contributed by atoms with van der Waals surface area (Å²) in [6.07, 6.45) is 2.65. The van der Waals surface area contributed by atoms with Crippen LogP contribution in [-0.4, -0.2) is 14.4 Å². The number of amides is 2. The van der Waals surface area contributed by atoms with Gasteiger partial charge in [0.2, 0.25) is 0 Å². The second-order valence-electron chi connectivity index (χ2n) is 8.75. The number of urea groups is 1. The van der Waals surface area contributed by atoms with E-state index in [0.29, 0.717) is 10.7 Å². The van der Waals surface area contributed by atoms with Gasteiger partial charge in [-0.1, -0.05) is 46.2 Å². The predicted molar refractivity (Wildman–Crippen MR) is 120 cm³/mol. The van der Waals surface area contributed by atoms with Crippen molar-refractivity contribution in [3.63, 3.8) is 0 Å². The summed E-state index contributed by atoms with van der Waals surface area (Å²) in [6, 6.07) is 2.75. The molecule has 0 unspecified atom stereocenters. The summed E-state index contributed by atoms with van der Waals surface area (Å²) >= 11 is 7.54. The first kappa shape index (κ1) is 22.1. The second-order valence-corrected chi connectivity index (χ2v) is 12.0. The predicted octanol–water partition coefficient (Wildman–Crippen LogP) is 5.82. The van der Waals surface area contributed by atoms with Gasteiger partial charge in [0.1, 0.15) is 4.21 Å². The quantitative estimate of drug-likeness (QED) is 0.610. The zero-order valence-corrected chi connectivity index (χ0v) is 19.7. The molecular weight excluding hydrogens is 428 g/mol. The van der Waals surface area contributed by atoms with Gasteiger partial charge in [0.25, 0.3) is 10.0 Å². The Balaban J connectivity index is 1.86. The van der Waals surface area contributed by atoms with Gasteiger partial charge in [-0.15, -0.1) is 11.3 Å². The van der Waals surface area contributed by atoms with Crippen LogP contribution in [0.5, 0.6) is 0 Å². The van der Waals surface area contributed by atoms with Crippen LogP contribution in [0.4, 0.5) is 10.5 Å². The molecule has 5 nitrogen and oxygen atoms in total. The minimum Gasteiger partial charge on any atom is -0.307 e. The molecule has 0 bridgehead atoms. The van der Waals surface area contributed by atoms with Crippen LogP contribution >= 0.6 is 22.9 Å². The first-order valence-electron chi connectivity index (χ1n) is 9.67. The van der Waals surface area contributed by atoms with Crippen molar-refractivity contribution >= 4 is 44.7 Å². The number of sulfonamides is 1. The lowest BCUT2D eigenvalue weighted by molar-refractivity contribution is 0.256. The minimum absolute atomic E-state index is 0.128. The molecule has 29 heavy (non-hydrogen) atoms. The molecule has 158 valence electrons. The van der Waals surface area contributed by atoms with E-state index in [1.165, 1.54) is 0 Å². The Hall–Kier alpha value is -1.57. The van der Waals surface area contributed by atoms with Gasteiger partial charge in [-0.2, -0.15) is 0 Å². The molecule has 2 amide bonds. The van der Waals surface area contributed by atoms with Crippen molar-refractivity contribution in [2.24, 2.45) is 0 Å². The molecule has 1 aliphatic carbocycles. The summed E-state index contributed by atoms with van der Waals surface area (Å²) in [7, 11) is -3.94. The van der Waals surface area contributed by atoms with Crippen LogP contribution in [0, 0.1) is 0 Å². The molecule has 1 aromatic carbocycles. The van der Waals surface area contributed by atoms with Crippen molar-refractivity contribution in [2.75, 3.05) is 5.32 Å². The molecule has 0 saturated heterocycles. The van der Waals surface area contributed by atoms with Crippen LogP contribution < -0.4 is 10.0 Å². The molecule has 0 radical (unpaired) electrons. The summed E-state index contributed by atoms with van der Waals surface area (Å²) in [5.41, 5.74) is 4.41. The Labute approximate surface area is 181 Å². The van der Waals surface area contributed by atoms with E-state index in [-0.39, 0.29) is 15.5 Å². The lowest BCUT2D eigenvalue weighted by atomic mass is 9.90. The Morgan fingerprint density at radius 3 is 2.41 bits per heavy atom. The lowest BCUT2D eigenvalue weighted by Crippen LogP contribution is -2.34. The van der Waals surface area contributed by atoms with E-state index >= 15 is 0 Å².